The van der Waals surface area contributed by atoms with Gasteiger partial charge in [-0.3, -0.25) is 0 Å². The van der Waals surface area contributed by atoms with Gasteiger partial charge in [-0.25, -0.2) is 0 Å². The number of para-hydroxylation sites is 1. The van der Waals surface area contributed by atoms with Crippen LogP contribution in [0.5, 0.6) is 11.5 Å². The molecule has 2 N–H and O–H groups in total. The highest BCUT2D eigenvalue weighted by Crippen LogP contribution is 2.38. The van der Waals surface area contributed by atoms with Crippen LogP contribution in [0.15, 0.2) is 59.1 Å². The third-order valence-electron chi connectivity index (χ3n) is 3.06. The highest BCUT2D eigenvalue weighted by atomic mass is 79.9. The minimum Gasteiger partial charge on any atom is -0.454 e. The number of anilines is 1. The van der Waals surface area contributed by atoms with Crippen molar-refractivity contribution in [1.82, 2.24) is 0 Å². The first-order chi connectivity index (χ1) is 9.66. The lowest BCUT2D eigenvalue weighted by Crippen LogP contribution is -1.93. The first kappa shape index (κ1) is 13.3. The minimum absolute atomic E-state index is 0.439. The second kappa shape index (κ2) is 5.35. The summed E-state index contributed by atoms with van der Waals surface area (Å²) in [4.78, 5) is 0. The monoisotopic (exact) mass is 347 g/mol. The van der Waals surface area contributed by atoms with Gasteiger partial charge in [0.05, 0.1) is 15.2 Å². The lowest BCUT2D eigenvalue weighted by atomic mass is 10.1. The Bertz CT molecular complexity index is 789. The molecule has 0 aliphatic heterocycles. The Balaban J connectivity index is 2.07. The Morgan fingerprint density at radius 3 is 2.55 bits per heavy atom. The minimum atomic E-state index is 0.439. The standard InChI is InChI=1S/C16H11BrClNO/c17-15-11-5-2-1-4-10(11)8-9-13(15)20-14-7-3-6-12(18)16(14)19/h1-9H,19H2. The van der Waals surface area contributed by atoms with E-state index in [1.165, 1.54) is 0 Å². The molecule has 0 saturated carbocycles. The maximum absolute atomic E-state index is 6.00. The van der Waals surface area contributed by atoms with Crippen molar-refractivity contribution in [3.63, 3.8) is 0 Å². The van der Waals surface area contributed by atoms with Crippen LogP contribution in [0.1, 0.15) is 0 Å². The molecule has 0 unspecified atom stereocenters. The van der Waals surface area contributed by atoms with Crippen LogP contribution in [0, 0.1) is 0 Å². The van der Waals surface area contributed by atoms with Gasteiger partial charge in [-0.05, 0) is 44.9 Å². The zero-order valence-corrected chi connectivity index (χ0v) is 12.8. The molecule has 3 aromatic rings. The average Bonchev–Trinajstić information content (AvgIpc) is 2.47. The highest BCUT2D eigenvalue weighted by Gasteiger charge is 2.10. The van der Waals surface area contributed by atoms with Crippen molar-refractivity contribution in [2.24, 2.45) is 0 Å². The molecule has 0 saturated heterocycles. The Labute approximate surface area is 130 Å². The zero-order chi connectivity index (χ0) is 14.1. The topological polar surface area (TPSA) is 35.2 Å². The molecule has 0 heterocycles. The predicted octanol–water partition coefficient (Wildman–Crippen LogP) is 5.63. The number of fused-ring (bicyclic) bond motifs is 1. The van der Waals surface area contributed by atoms with Crippen LogP contribution in [-0.4, -0.2) is 0 Å². The largest absolute Gasteiger partial charge is 0.454 e. The van der Waals surface area contributed by atoms with Crippen molar-refractivity contribution in [2.45, 2.75) is 0 Å². The lowest BCUT2D eigenvalue weighted by Gasteiger charge is -2.12. The molecule has 20 heavy (non-hydrogen) atoms. The van der Waals surface area contributed by atoms with E-state index in [0.717, 1.165) is 15.2 Å². The van der Waals surface area contributed by atoms with Crippen LogP contribution in [0.25, 0.3) is 10.8 Å². The third kappa shape index (κ3) is 2.35. The zero-order valence-electron chi connectivity index (χ0n) is 10.4. The smallest absolute Gasteiger partial charge is 0.151 e. The van der Waals surface area contributed by atoms with E-state index < -0.39 is 0 Å². The molecular formula is C16H11BrClNO. The molecule has 0 fully saturated rings. The molecule has 2 nitrogen and oxygen atoms in total. The third-order valence-corrected chi connectivity index (χ3v) is 4.21. The van der Waals surface area contributed by atoms with E-state index in [1.807, 2.05) is 36.4 Å². The van der Waals surface area contributed by atoms with Crippen LogP contribution < -0.4 is 10.5 Å². The molecule has 0 bridgehead atoms. The summed E-state index contributed by atoms with van der Waals surface area (Å²) in [5, 5.41) is 2.72. The molecule has 0 radical (unpaired) electrons. The van der Waals surface area contributed by atoms with Gasteiger partial charge in [-0.15, -0.1) is 0 Å². The van der Waals surface area contributed by atoms with Crippen LogP contribution >= 0.6 is 27.5 Å². The van der Waals surface area contributed by atoms with Gasteiger partial charge >= 0.3 is 0 Å². The van der Waals surface area contributed by atoms with Crippen LogP contribution in [0.4, 0.5) is 5.69 Å². The van der Waals surface area contributed by atoms with Gasteiger partial charge in [0.2, 0.25) is 0 Å². The van der Waals surface area contributed by atoms with Crippen molar-refractivity contribution in [3.05, 3.63) is 64.1 Å². The maximum Gasteiger partial charge on any atom is 0.151 e. The molecule has 0 aliphatic rings. The summed E-state index contributed by atoms with van der Waals surface area (Å²) in [6.07, 6.45) is 0. The molecular weight excluding hydrogens is 338 g/mol. The summed E-state index contributed by atoms with van der Waals surface area (Å²) in [6, 6.07) is 17.3. The summed E-state index contributed by atoms with van der Waals surface area (Å²) < 4.78 is 6.77. The fourth-order valence-electron chi connectivity index (χ4n) is 2.02. The molecule has 0 amide bonds. The predicted molar refractivity (Wildman–Crippen MR) is 87.6 cm³/mol. The molecule has 4 heteroatoms. The Kier molecular flexibility index (Phi) is 3.55. The fraction of sp³-hybridized carbons (Fsp3) is 0. The average molecular weight is 349 g/mol. The van der Waals surface area contributed by atoms with Crippen molar-refractivity contribution < 1.29 is 4.74 Å². The Morgan fingerprint density at radius 1 is 0.900 bits per heavy atom. The first-order valence-electron chi connectivity index (χ1n) is 6.06. The molecule has 0 aromatic heterocycles. The second-order valence-electron chi connectivity index (χ2n) is 4.35. The van der Waals surface area contributed by atoms with Crippen molar-refractivity contribution in [1.29, 1.82) is 0 Å². The van der Waals surface area contributed by atoms with Crippen molar-refractivity contribution in [3.8, 4) is 11.5 Å². The van der Waals surface area contributed by atoms with Crippen LogP contribution in [0.2, 0.25) is 5.02 Å². The van der Waals surface area contributed by atoms with E-state index in [4.69, 9.17) is 22.1 Å². The number of nitrogens with two attached hydrogens (primary N) is 1. The molecule has 0 spiro atoms. The molecule has 0 aliphatic carbocycles. The Morgan fingerprint density at radius 2 is 1.70 bits per heavy atom. The first-order valence-corrected chi connectivity index (χ1v) is 7.23. The summed E-state index contributed by atoms with van der Waals surface area (Å²) in [5.74, 6) is 1.26. The summed E-state index contributed by atoms with van der Waals surface area (Å²) in [5.41, 5.74) is 6.36. The molecule has 0 atom stereocenters. The van der Waals surface area contributed by atoms with E-state index >= 15 is 0 Å². The fourth-order valence-corrected chi connectivity index (χ4v) is 2.76. The molecule has 3 rings (SSSR count). The van der Waals surface area contributed by atoms with E-state index in [0.29, 0.717) is 22.2 Å². The number of hydrogen-bond acceptors (Lipinski definition) is 2. The Hall–Kier alpha value is -1.71. The van der Waals surface area contributed by atoms with Gasteiger partial charge in [0.15, 0.2) is 5.75 Å². The number of rotatable bonds is 2. The van der Waals surface area contributed by atoms with Gasteiger partial charge in [0, 0.05) is 0 Å². The highest BCUT2D eigenvalue weighted by molar-refractivity contribution is 9.10. The van der Waals surface area contributed by atoms with Crippen molar-refractivity contribution in [2.75, 3.05) is 5.73 Å². The summed E-state index contributed by atoms with van der Waals surface area (Å²) in [6.45, 7) is 0. The normalized spacial score (nSPS) is 10.7. The number of nitrogen functional groups attached to an aromatic ring is 1. The number of halogens is 2. The number of ether oxygens (including phenoxy) is 1. The van der Waals surface area contributed by atoms with Gasteiger partial charge < -0.3 is 10.5 Å². The summed E-state index contributed by atoms with van der Waals surface area (Å²) in [7, 11) is 0. The van der Waals surface area contributed by atoms with Gasteiger partial charge in [-0.1, -0.05) is 48.0 Å². The van der Waals surface area contributed by atoms with E-state index in [9.17, 15) is 0 Å². The summed E-state index contributed by atoms with van der Waals surface area (Å²) >= 11 is 9.58. The van der Waals surface area contributed by atoms with Crippen LogP contribution in [-0.2, 0) is 0 Å². The van der Waals surface area contributed by atoms with E-state index in [-0.39, 0.29) is 0 Å². The van der Waals surface area contributed by atoms with Gasteiger partial charge in [0.25, 0.3) is 0 Å². The molecule has 3 aromatic carbocycles. The van der Waals surface area contributed by atoms with Gasteiger partial charge in [0.1, 0.15) is 5.75 Å². The van der Waals surface area contributed by atoms with E-state index in [1.54, 1.807) is 12.1 Å². The number of hydrogen-bond donors (Lipinski definition) is 1. The second-order valence-corrected chi connectivity index (χ2v) is 5.55. The SMILES string of the molecule is Nc1c(Cl)cccc1Oc1ccc2ccccc2c1Br. The quantitative estimate of drug-likeness (QED) is 0.609. The van der Waals surface area contributed by atoms with E-state index in [2.05, 4.69) is 22.0 Å². The number of benzene rings is 3. The van der Waals surface area contributed by atoms with Crippen LogP contribution in [0.3, 0.4) is 0 Å². The molecule has 100 valence electrons. The van der Waals surface area contributed by atoms with Crippen molar-refractivity contribution >= 4 is 44.0 Å². The van der Waals surface area contributed by atoms with Gasteiger partial charge in [-0.2, -0.15) is 0 Å². The maximum atomic E-state index is 6.00. The lowest BCUT2D eigenvalue weighted by molar-refractivity contribution is 0.483.